The zero-order valence-corrected chi connectivity index (χ0v) is 10.5. The molecule has 0 atom stereocenters. The van der Waals surface area contributed by atoms with Gasteiger partial charge in [0.25, 0.3) is 0 Å². The number of rotatable bonds is 0. The SMILES string of the molecule is CC1(C)Oc2cc(I)ccc2C(=O)C1=O. The lowest BCUT2D eigenvalue weighted by Crippen LogP contribution is -2.46. The maximum absolute atomic E-state index is 11.7. The van der Waals surface area contributed by atoms with Crippen LogP contribution in [0.5, 0.6) is 5.75 Å². The van der Waals surface area contributed by atoms with Crippen LogP contribution < -0.4 is 4.74 Å². The largest absolute Gasteiger partial charge is 0.479 e. The zero-order valence-electron chi connectivity index (χ0n) is 8.33. The van der Waals surface area contributed by atoms with Gasteiger partial charge in [-0.15, -0.1) is 0 Å². The second-order valence-corrected chi connectivity index (χ2v) is 5.16. The number of halogens is 1. The first-order valence-electron chi connectivity index (χ1n) is 4.49. The van der Waals surface area contributed by atoms with Crippen molar-refractivity contribution >= 4 is 34.2 Å². The van der Waals surface area contributed by atoms with Crippen molar-refractivity contribution in [3.8, 4) is 5.75 Å². The molecule has 0 saturated carbocycles. The molecule has 0 amide bonds. The highest BCUT2D eigenvalue weighted by Crippen LogP contribution is 2.31. The summed E-state index contributed by atoms with van der Waals surface area (Å²) in [7, 11) is 0. The number of ether oxygens (including phenoxy) is 1. The summed E-state index contributed by atoms with van der Waals surface area (Å²) in [5.74, 6) is -0.453. The van der Waals surface area contributed by atoms with Crippen molar-refractivity contribution in [2.24, 2.45) is 0 Å². The quantitative estimate of drug-likeness (QED) is 0.544. The Hall–Kier alpha value is -0.910. The summed E-state index contributed by atoms with van der Waals surface area (Å²) in [6, 6.07) is 5.18. The van der Waals surface area contributed by atoms with Crippen molar-refractivity contribution in [1.29, 1.82) is 0 Å². The molecule has 0 bridgehead atoms. The minimum atomic E-state index is -1.05. The van der Waals surface area contributed by atoms with E-state index < -0.39 is 17.2 Å². The molecule has 0 spiro atoms. The van der Waals surface area contributed by atoms with Crippen LogP contribution in [0.1, 0.15) is 24.2 Å². The molecule has 1 aromatic rings. The molecule has 78 valence electrons. The first-order chi connectivity index (χ1) is 6.92. The van der Waals surface area contributed by atoms with Crippen LogP contribution in [-0.4, -0.2) is 17.2 Å². The molecule has 0 fully saturated rings. The number of hydrogen-bond donors (Lipinski definition) is 0. The highest BCUT2D eigenvalue weighted by atomic mass is 127. The van der Waals surface area contributed by atoms with Crippen molar-refractivity contribution in [2.75, 3.05) is 0 Å². The van der Waals surface area contributed by atoms with Crippen LogP contribution in [-0.2, 0) is 4.79 Å². The third-order valence-electron chi connectivity index (χ3n) is 2.31. The Morgan fingerprint density at radius 2 is 1.93 bits per heavy atom. The van der Waals surface area contributed by atoms with Crippen LogP contribution in [0.15, 0.2) is 18.2 Å². The monoisotopic (exact) mass is 316 g/mol. The Morgan fingerprint density at radius 1 is 1.27 bits per heavy atom. The molecular formula is C11H9IO3. The summed E-state index contributed by atoms with van der Waals surface area (Å²) in [4.78, 5) is 23.3. The minimum absolute atomic E-state index is 0.361. The van der Waals surface area contributed by atoms with Gasteiger partial charge in [0.15, 0.2) is 5.60 Å². The van der Waals surface area contributed by atoms with Crippen LogP contribution in [0, 0.1) is 3.57 Å². The van der Waals surface area contributed by atoms with Gasteiger partial charge in [0.05, 0.1) is 5.56 Å². The Morgan fingerprint density at radius 3 is 2.60 bits per heavy atom. The maximum Gasteiger partial charge on any atom is 0.246 e. The molecule has 4 heteroatoms. The molecule has 1 aliphatic heterocycles. The van der Waals surface area contributed by atoms with Crippen molar-refractivity contribution in [1.82, 2.24) is 0 Å². The van der Waals surface area contributed by atoms with E-state index in [1.807, 2.05) is 0 Å². The van der Waals surface area contributed by atoms with Crippen molar-refractivity contribution in [2.45, 2.75) is 19.4 Å². The summed E-state index contributed by atoms with van der Waals surface area (Å²) < 4.78 is 6.48. The fraction of sp³-hybridized carbons (Fsp3) is 0.273. The predicted octanol–water partition coefficient (Wildman–Crippen LogP) is 2.21. The van der Waals surface area contributed by atoms with Crippen molar-refractivity contribution in [3.63, 3.8) is 0 Å². The first kappa shape index (κ1) is 10.6. The molecule has 1 aromatic carbocycles. The Bertz CT molecular complexity index is 463. The normalized spacial score (nSPS) is 18.3. The molecule has 0 radical (unpaired) electrons. The fourth-order valence-electron chi connectivity index (χ4n) is 1.49. The fourth-order valence-corrected chi connectivity index (χ4v) is 1.95. The van der Waals surface area contributed by atoms with Gasteiger partial charge in [-0.05, 0) is 54.6 Å². The lowest BCUT2D eigenvalue weighted by molar-refractivity contribution is -0.128. The molecular weight excluding hydrogens is 307 g/mol. The highest BCUT2D eigenvalue weighted by Gasteiger charge is 2.41. The number of benzene rings is 1. The lowest BCUT2D eigenvalue weighted by atomic mass is 9.92. The van der Waals surface area contributed by atoms with Gasteiger partial charge in [-0.2, -0.15) is 0 Å². The summed E-state index contributed by atoms with van der Waals surface area (Å²) in [5, 5.41) is 0. The van der Waals surface area contributed by atoms with Crippen LogP contribution >= 0.6 is 22.6 Å². The van der Waals surface area contributed by atoms with E-state index in [4.69, 9.17) is 4.74 Å². The molecule has 2 rings (SSSR count). The second-order valence-electron chi connectivity index (χ2n) is 3.91. The van der Waals surface area contributed by atoms with E-state index in [0.717, 1.165) is 3.57 Å². The Balaban J connectivity index is 2.60. The van der Waals surface area contributed by atoms with Crippen molar-refractivity contribution < 1.29 is 14.3 Å². The number of carbonyl (C=O) groups is 2. The van der Waals surface area contributed by atoms with Crippen LogP contribution in [0.3, 0.4) is 0 Å². The van der Waals surface area contributed by atoms with Crippen LogP contribution in [0.25, 0.3) is 0 Å². The van der Waals surface area contributed by atoms with E-state index >= 15 is 0 Å². The molecule has 1 heterocycles. The summed E-state index contributed by atoms with van der Waals surface area (Å²) in [6.45, 7) is 3.21. The summed E-state index contributed by atoms with van der Waals surface area (Å²) in [6.07, 6.45) is 0. The minimum Gasteiger partial charge on any atom is -0.479 e. The Labute approximate surface area is 101 Å². The molecule has 0 N–H and O–H groups in total. The number of ketones is 2. The number of fused-ring (bicyclic) bond motifs is 1. The van der Waals surface area contributed by atoms with E-state index in [0.29, 0.717) is 11.3 Å². The van der Waals surface area contributed by atoms with E-state index in [-0.39, 0.29) is 0 Å². The summed E-state index contributed by atoms with van der Waals surface area (Å²) in [5.41, 5.74) is -0.686. The number of carbonyl (C=O) groups excluding carboxylic acids is 2. The van der Waals surface area contributed by atoms with Gasteiger partial charge in [-0.3, -0.25) is 9.59 Å². The topological polar surface area (TPSA) is 43.4 Å². The highest BCUT2D eigenvalue weighted by molar-refractivity contribution is 14.1. The number of Topliss-reactive ketones (excluding diaryl/α,β-unsaturated/α-hetero) is 2. The number of hydrogen-bond acceptors (Lipinski definition) is 3. The predicted molar refractivity (Wildman–Crippen MR) is 63.2 cm³/mol. The van der Waals surface area contributed by atoms with Crippen LogP contribution in [0.4, 0.5) is 0 Å². The standard InChI is InChI=1S/C11H9IO3/c1-11(2)10(14)9(13)7-4-3-6(12)5-8(7)15-11/h3-5H,1-2H3. The third-order valence-corrected chi connectivity index (χ3v) is 2.98. The van der Waals surface area contributed by atoms with Gasteiger partial charge in [0, 0.05) is 3.57 Å². The van der Waals surface area contributed by atoms with Gasteiger partial charge < -0.3 is 4.74 Å². The zero-order chi connectivity index (χ0) is 11.2. The molecule has 1 aliphatic rings. The van der Waals surface area contributed by atoms with Gasteiger partial charge in [-0.1, -0.05) is 0 Å². The molecule has 3 nitrogen and oxygen atoms in total. The van der Waals surface area contributed by atoms with Crippen molar-refractivity contribution in [3.05, 3.63) is 27.3 Å². The van der Waals surface area contributed by atoms with E-state index in [1.165, 1.54) is 0 Å². The average Bonchev–Trinajstić information content (AvgIpc) is 2.13. The van der Waals surface area contributed by atoms with Gasteiger partial charge in [-0.25, -0.2) is 0 Å². The first-order valence-corrected chi connectivity index (χ1v) is 5.57. The maximum atomic E-state index is 11.7. The molecule has 0 aromatic heterocycles. The van der Waals surface area contributed by atoms with Gasteiger partial charge in [0.2, 0.25) is 11.6 Å². The van der Waals surface area contributed by atoms with E-state index in [1.54, 1.807) is 32.0 Å². The molecule has 0 unspecified atom stereocenters. The average molecular weight is 316 g/mol. The summed E-state index contributed by atoms with van der Waals surface area (Å²) >= 11 is 2.13. The lowest BCUT2D eigenvalue weighted by Gasteiger charge is -2.29. The molecule has 15 heavy (non-hydrogen) atoms. The second kappa shape index (κ2) is 3.30. The van der Waals surface area contributed by atoms with Gasteiger partial charge >= 0.3 is 0 Å². The Kier molecular flexibility index (Phi) is 2.33. The van der Waals surface area contributed by atoms with E-state index in [9.17, 15) is 9.59 Å². The molecule has 0 saturated heterocycles. The smallest absolute Gasteiger partial charge is 0.246 e. The molecule has 0 aliphatic carbocycles. The third kappa shape index (κ3) is 1.67. The van der Waals surface area contributed by atoms with Gasteiger partial charge in [0.1, 0.15) is 5.75 Å². The van der Waals surface area contributed by atoms with E-state index in [2.05, 4.69) is 22.6 Å². The van der Waals surface area contributed by atoms with Crippen LogP contribution in [0.2, 0.25) is 0 Å².